The summed E-state index contributed by atoms with van der Waals surface area (Å²) in [6, 6.07) is 1.81. The van der Waals surface area contributed by atoms with E-state index in [0.29, 0.717) is 23.1 Å². The fourth-order valence-corrected chi connectivity index (χ4v) is 4.16. The lowest BCUT2D eigenvalue weighted by Gasteiger charge is -2.33. The molecule has 1 N–H and O–H groups in total. The second-order valence-electron chi connectivity index (χ2n) is 6.24. The van der Waals surface area contributed by atoms with Gasteiger partial charge in [-0.05, 0) is 24.3 Å². The number of H-pyrrole nitrogens is 1. The first kappa shape index (κ1) is 14.4. The first-order chi connectivity index (χ1) is 11.2. The van der Waals surface area contributed by atoms with E-state index in [0.717, 1.165) is 32.6 Å². The van der Waals surface area contributed by atoms with Gasteiger partial charge in [0.05, 0.1) is 11.1 Å². The Morgan fingerprint density at radius 2 is 2.00 bits per heavy atom. The molecule has 2 atom stereocenters. The van der Waals surface area contributed by atoms with Gasteiger partial charge < -0.3 is 14.8 Å². The highest BCUT2D eigenvalue weighted by Gasteiger charge is 2.40. The van der Waals surface area contributed by atoms with Gasteiger partial charge in [0.1, 0.15) is 5.69 Å². The molecule has 2 amide bonds. The number of aromatic amines is 1. The lowest BCUT2D eigenvalue weighted by molar-refractivity contribution is 0.0637. The minimum absolute atomic E-state index is 0.0140. The van der Waals surface area contributed by atoms with Gasteiger partial charge >= 0.3 is 0 Å². The number of fused-ring (bicyclic) bond motifs is 1. The number of nitrogens with one attached hydrogen (secondary N) is 1. The van der Waals surface area contributed by atoms with Crippen molar-refractivity contribution in [1.82, 2.24) is 19.8 Å². The minimum Gasteiger partial charge on any atom is -0.367 e. The Bertz CT molecular complexity index is 654. The highest BCUT2D eigenvalue weighted by molar-refractivity contribution is 7.07. The first-order valence-corrected chi connectivity index (χ1v) is 8.76. The van der Waals surface area contributed by atoms with Crippen LogP contribution in [0.25, 0.3) is 0 Å². The third-order valence-electron chi connectivity index (χ3n) is 4.87. The topological polar surface area (TPSA) is 69.3 Å². The molecule has 0 aliphatic carbocycles. The van der Waals surface area contributed by atoms with E-state index in [-0.39, 0.29) is 11.8 Å². The Hall–Kier alpha value is -2.15. The summed E-state index contributed by atoms with van der Waals surface area (Å²) in [7, 11) is 0. The molecule has 6 nitrogen and oxygen atoms in total. The maximum absolute atomic E-state index is 12.5. The van der Waals surface area contributed by atoms with Crippen LogP contribution < -0.4 is 0 Å². The maximum Gasteiger partial charge on any atom is 0.273 e. The molecule has 7 heteroatoms. The summed E-state index contributed by atoms with van der Waals surface area (Å²) in [5, 5.41) is 1.80. The number of amides is 2. The third-order valence-corrected chi connectivity index (χ3v) is 5.46. The number of thiazole rings is 1. The van der Waals surface area contributed by atoms with Crippen LogP contribution in [-0.4, -0.2) is 57.8 Å². The summed E-state index contributed by atoms with van der Waals surface area (Å²) in [5.74, 6) is 0.963. The lowest BCUT2D eigenvalue weighted by atomic mass is 9.88. The molecule has 2 aromatic heterocycles. The van der Waals surface area contributed by atoms with Crippen LogP contribution in [0.1, 0.15) is 27.3 Å². The number of aromatic nitrogens is 2. The van der Waals surface area contributed by atoms with E-state index in [1.807, 2.05) is 15.9 Å². The lowest BCUT2D eigenvalue weighted by Crippen LogP contribution is -2.43. The SMILES string of the molecule is O=C(c1cc[nH]c1)N1C[C@H]2CCN(C(=O)c3cscn3)C[C@H]2C1. The molecule has 2 fully saturated rings. The third kappa shape index (κ3) is 2.65. The quantitative estimate of drug-likeness (QED) is 0.911. The normalized spacial score (nSPS) is 23.8. The standard InChI is InChI=1S/C16H18N4O2S/c21-15(11-1-3-17-5-11)20-6-12-2-4-19(7-13(12)8-20)16(22)14-9-23-10-18-14/h1,3,5,9-10,12-13,17H,2,4,6-8H2/t12-,13+/m1/s1. The van der Waals surface area contributed by atoms with E-state index in [1.165, 1.54) is 11.3 Å². The van der Waals surface area contributed by atoms with Gasteiger partial charge in [0, 0.05) is 44.0 Å². The summed E-state index contributed by atoms with van der Waals surface area (Å²) in [4.78, 5) is 35.8. The molecule has 23 heavy (non-hydrogen) atoms. The van der Waals surface area contributed by atoms with Crippen molar-refractivity contribution in [3.63, 3.8) is 0 Å². The van der Waals surface area contributed by atoms with E-state index < -0.39 is 0 Å². The average molecular weight is 330 g/mol. The number of hydrogen-bond donors (Lipinski definition) is 1. The summed E-state index contributed by atoms with van der Waals surface area (Å²) in [6.45, 7) is 3.00. The molecule has 4 heterocycles. The predicted octanol–water partition coefficient (Wildman–Crippen LogP) is 1.71. The van der Waals surface area contributed by atoms with Crippen molar-refractivity contribution in [1.29, 1.82) is 0 Å². The summed E-state index contributed by atoms with van der Waals surface area (Å²) in [5.41, 5.74) is 2.93. The molecular weight excluding hydrogens is 312 g/mol. The van der Waals surface area contributed by atoms with E-state index >= 15 is 0 Å². The van der Waals surface area contributed by atoms with Crippen molar-refractivity contribution in [2.24, 2.45) is 11.8 Å². The zero-order chi connectivity index (χ0) is 15.8. The van der Waals surface area contributed by atoms with Gasteiger partial charge in [-0.15, -0.1) is 11.3 Å². The molecule has 4 rings (SSSR count). The van der Waals surface area contributed by atoms with Gasteiger partial charge in [-0.3, -0.25) is 9.59 Å². The number of carbonyl (C=O) groups is 2. The molecule has 2 aromatic rings. The van der Waals surface area contributed by atoms with Crippen molar-refractivity contribution in [2.75, 3.05) is 26.2 Å². The van der Waals surface area contributed by atoms with Crippen LogP contribution in [0, 0.1) is 11.8 Å². The second kappa shape index (κ2) is 5.81. The summed E-state index contributed by atoms with van der Waals surface area (Å²) < 4.78 is 0. The van der Waals surface area contributed by atoms with Crippen LogP contribution in [0.2, 0.25) is 0 Å². The van der Waals surface area contributed by atoms with Crippen molar-refractivity contribution >= 4 is 23.2 Å². The molecule has 0 unspecified atom stereocenters. The molecule has 0 radical (unpaired) electrons. The van der Waals surface area contributed by atoms with Gasteiger partial charge in [0.2, 0.25) is 0 Å². The monoisotopic (exact) mass is 330 g/mol. The van der Waals surface area contributed by atoms with E-state index in [9.17, 15) is 9.59 Å². The number of piperidine rings is 1. The summed E-state index contributed by atoms with van der Waals surface area (Å²) in [6.07, 6.45) is 4.46. The van der Waals surface area contributed by atoms with Crippen LogP contribution in [0.5, 0.6) is 0 Å². The zero-order valence-electron chi connectivity index (χ0n) is 12.6. The highest BCUT2D eigenvalue weighted by atomic mass is 32.1. The number of nitrogens with zero attached hydrogens (tertiary/aromatic N) is 3. The van der Waals surface area contributed by atoms with Gasteiger partial charge in [0.25, 0.3) is 11.8 Å². The molecule has 2 saturated heterocycles. The molecule has 2 aliphatic rings. The van der Waals surface area contributed by atoms with Gasteiger partial charge in [-0.25, -0.2) is 4.98 Å². The molecule has 0 bridgehead atoms. The van der Waals surface area contributed by atoms with Crippen molar-refractivity contribution < 1.29 is 9.59 Å². The number of hydrogen-bond acceptors (Lipinski definition) is 4. The molecule has 0 spiro atoms. The van der Waals surface area contributed by atoms with E-state index in [2.05, 4.69) is 9.97 Å². The fourth-order valence-electron chi connectivity index (χ4n) is 3.64. The number of carbonyl (C=O) groups excluding carboxylic acids is 2. The molecule has 0 saturated carbocycles. The van der Waals surface area contributed by atoms with Crippen LogP contribution >= 0.6 is 11.3 Å². The minimum atomic E-state index is 0.0140. The molecule has 120 valence electrons. The number of likely N-dealkylation sites (tertiary alicyclic amines) is 2. The summed E-state index contributed by atoms with van der Waals surface area (Å²) >= 11 is 1.44. The zero-order valence-corrected chi connectivity index (χ0v) is 13.5. The fraction of sp³-hybridized carbons (Fsp3) is 0.438. The van der Waals surface area contributed by atoms with Gasteiger partial charge in [0.15, 0.2) is 0 Å². The van der Waals surface area contributed by atoms with Crippen molar-refractivity contribution in [2.45, 2.75) is 6.42 Å². The molecule has 2 aliphatic heterocycles. The Balaban J connectivity index is 1.42. The largest absolute Gasteiger partial charge is 0.367 e. The van der Waals surface area contributed by atoms with E-state index in [4.69, 9.17) is 0 Å². The molecule has 0 aromatic carbocycles. The van der Waals surface area contributed by atoms with Crippen molar-refractivity contribution in [3.8, 4) is 0 Å². The average Bonchev–Trinajstić information content (AvgIpc) is 3.33. The maximum atomic E-state index is 12.5. The van der Waals surface area contributed by atoms with Gasteiger partial charge in [-0.1, -0.05) is 0 Å². The molecular formula is C16H18N4O2S. The van der Waals surface area contributed by atoms with E-state index in [1.54, 1.807) is 23.3 Å². The first-order valence-electron chi connectivity index (χ1n) is 7.82. The second-order valence-corrected chi connectivity index (χ2v) is 6.96. The Labute approximate surface area is 138 Å². The van der Waals surface area contributed by atoms with Gasteiger partial charge in [-0.2, -0.15) is 0 Å². The Morgan fingerprint density at radius 1 is 1.17 bits per heavy atom. The van der Waals surface area contributed by atoms with Crippen LogP contribution in [0.3, 0.4) is 0 Å². The number of rotatable bonds is 2. The Kier molecular flexibility index (Phi) is 3.65. The highest BCUT2D eigenvalue weighted by Crippen LogP contribution is 2.32. The van der Waals surface area contributed by atoms with Crippen molar-refractivity contribution in [3.05, 3.63) is 40.6 Å². The van der Waals surface area contributed by atoms with Crippen LogP contribution in [0.15, 0.2) is 29.4 Å². The predicted molar refractivity (Wildman–Crippen MR) is 86.3 cm³/mol. The van der Waals surface area contributed by atoms with Crippen LogP contribution in [0.4, 0.5) is 0 Å². The van der Waals surface area contributed by atoms with Crippen LogP contribution in [-0.2, 0) is 0 Å². The smallest absolute Gasteiger partial charge is 0.273 e. The Morgan fingerprint density at radius 3 is 2.74 bits per heavy atom.